The summed E-state index contributed by atoms with van der Waals surface area (Å²) in [4.78, 5) is 28.2. The van der Waals surface area contributed by atoms with E-state index in [-0.39, 0.29) is 6.42 Å². The van der Waals surface area contributed by atoms with Crippen molar-refractivity contribution in [2.75, 3.05) is 0 Å². The van der Waals surface area contributed by atoms with Crippen molar-refractivity contribution < 1.29 is 29.7 Å². The van der Waals surface area contributed by atoms with E-state index in [9.17, 15) is 4.79 Å². The van der Waals surface area contributed by atoms with Crippen LogP contribution in [0.4, 0.5) is 0 Å². The van der Waals surface area contributed by atoms with Crippen molar-refractivity contribution >= 4 is 17.9 Å². The molecule has 3 N–H and O–H groups in total. The Labute approximate surface area is 104 Å². The first-order valence-electron chi connectivity index (χ1n) is 4.90. The predicted molar refractivity (Wildman–Crippen MR) is 64.4 cm³/mol. The molecule has 0 aliphatic rings. The van der Waals surface area contributed by atoms with Gasteiger partial charge in [-0.3, -0.25) is 14.4 Å². The highest BCUT2D eigenvalue weighted by atomic mass is 16.4. The van der Waals surface area contributed by atoms with E-state index >= 15 is 0 Å². The van der Waals surface area contributed by atoms with Gasteiger partial charge in [-0.05, 0) is 5.56 Å². The summed E-state index contributed by atoms with van der Waals surface area (Å²) < 4.78 is 0. The number of aliphatic carboxylic acids is 3. The van der Waals surface area contributed by atoms with Crippen molar-refractivity contribution in [3.63, 3.8) is 0 Å². The molecule has 0 spiro atoms. The Kier molecular flexibility index (Phi) is 11.1. The van der Waals surface area contributed by atoms with Crippen LogP contribution in [0.2, 0.25) is 0 Å². The van der Waals surface area contributed by atoms with Gasteiger partial charge in [-0.1, -0.05) is 30.3 Å². The van der Waals surface area contributed by atoms with Crippen molar-refractivity contribution in [1.82, 2.24) is 0 Å². The minimum absolute atomic E-state index is 0.112. The molecule has 6 nitrogen and oxygen atoms in total. The molecule has 18 heavy (non-hydrogen) atoms. The summed E-state index contributed by atoms with van der Waals surface area (Å²) >= 11 is 0. The molecule has 0 atom stereocenters. The minimum Gasteiger partial charge on any atom is -0.481 e. The van der Waals surface area contributed by atoms with Crippen LogP contribution in [0.25, 0.3) is 0 Å². The highest BCUT2D eigenvalue weighted by Crippen LogP contribution is 1.98. The molecule has 0 heterocycles. The molecule has 0 saturated heterocycles. The smallest absolute Gasteiger partial charge is 0.307 e. The summed E-state index contributed by atoms with van der Waals surface area (Å²) in [5.41, 5.74) is 0.843. The lowest BCUT2D eigenvalue weighted by Crippen LogP contribution is -1.98. The molecule has 0 aromatic heterocycles. The van der Waals surface area contributed by atoms with Crippen LogP contribution in [0.5, 0.6) is 0 Å². The van der Waals surface area contributed by atoms with Crippen LogP contribution in [-0.4, -0.2) is 33.2 Å². The van der Waals surface area contributed by atoms with Gasteiger partial charge in [0.05, 0.1) is 6.42 Å². The van der Waals surface area contributed by atoms with Gasteiger partial charge in [-0.2, -0.15) is 0 Å². The van der Waals surface area contributed by atoms with Gasteiger partial charge in [0.2, 0.25) is 0 Å². The number of hydrogen-bond acceptors (Lipinski definition) is 3. The zero-order chi connectivity index (χ0) is 14.6. The summed E-state index contributed by atoms with van der Waals surface area (Å²) in [5.74, 6) is -2.45. The van der Waals surface area contributed by atoms with Crippen LogP contribution in [0.15, 0.2) is 30.3 Å². The normalized spacial score (nSPS) is 7.89. The Morgan fingerprint density at radius 3 is 1.50 bits per heavy atom. The largest absolute Gasteiger partial charge is 0.481 e. The third kappa shape index (κ3) is 23.4. The van der Waals surface area contributed by atoms with Crippen molar-refractivity contribution in [2.45, 2.75) is 20.3 Å². The van der Waals surface area contributed by atoms with Gasteiger partial charge in [0.1, 0.15) is 0 Å². The molecule has 6 heteroatoms. The first-order valence-corrected chi connectivity index (χ1v) is 4.90. The maximum atomic E-state index is 10.2. The number of carboxylic acids is 3. The first kappa shape index (κ1) is 18.0. The predicted octanol–water partition coefficient (Wildman–Crippen LogP) is 1.50. The second-order valence-electron chi connectivity index (χ2n) is 3.09. The van der Waals surface area contributed by atoms with Crippen molar-refractivity contribution in [3.8, 4) is 0 Å². The topological polar surface area (TPSA) is 112 Å². The third-order valence-corrected chi connectivity index (χ3v) is 1.20. The molecule has 100 valence electrons. The van der Waals surface area contributed by atoms with Crippen LogP contribution >= 0.6 is 0 Å². The molecule has 0 amide bonds. The van der Waals surface area contributed by atoms with Crippen LogP contribution in [0.1, 0.15) is 19.4 Å². The number of hydrogen-bond donors (Lipinski definition) is 3. The molecule has 1 rings (SSSR count). The van der Waals surface area contributed by atoms with Gasteiger partial charge in [0, 0.05) is 13.8 Å². The van der Waals surface area contributed by atoms with E-state index in [0.717, 1.165) is 19.4 Å². The molecular formula is C12H16O6. The van der Waals surface area contributed by atoms with Crippen molar-refractivity contribution in [2.24, 2.45) is 0 Å². The van der Waals surface area contributed by atoms with E-state index in [1.807, 2.05) is 18.2 Å². The summed E-state index contributed by atoms with van der Waals surface area (Å²) in [5, 5.41) is 23.2. The van der Waals surface area contributed by atoms with E-state index < -0.39 is 17.9 Å². The number of carboxylic acid groups (broad SMARTS) is 3. The van der Waals surface area contributed by atoms with Gasteiger partial charge in [-0.15, -0.1) is 0 Å². The van der Waals surface area contributed by atoms with E-state index in [1.165, 1.54) is 0 Å². The van der Waals surface area contributed by atoms with Crippen LogP contribution < -0.4 is 0 Å². The highest BCUT2D eigenvalue weighted by molar-refractivity contribution is 5.70. The Morgan fingerprint density at radius 1 is 0.889 bits per heavy atom. The Hall–Kier alpha value is -2.37. The minimum atomic E-state index is -0.833. The molecule has 1 aromatic rings. The fourth-order valence-corrected chi connectivity index (χ4v) is 0.770. The van der Waals surface area contributed by atoms with Crippen LogP contribution in [-0.2, 0) is 20.8 Å². The average Bonchev–Trinajstić information content (AvgIpc) is 2.16. The SMILES string of the molecule is CC(=O)O.CC(=O)O.O=C(O)Cc1ccccc1. The summed E-state index contributed by atoms with van der Waals surface area (Å²) in [6.45, 7) is 2.17. The van der Waals surface area contributed by atoms with Crippen molar-refractivity contribution in [3.05, 3.63) is 35.9 Å². The lowest BCUT2D eigenvalue weighted by molar-refractivity contribution is -0.136. The molecule has 0 aliphatic carbocycles. The Balaban J connectivity index is 0. The molecule has 0 fully saturated rings. The highest BCUT2D eigenvalue weighted by Gasteiger charge is 1.96. The zero-order valence-corrected chi connectivity index (χ0v) is 10.2. The average molecular weight is 256 g/mol. The lowest BCUT2D eigenvalue weighted by atomic mass is 10.2. The molecule has 0 bridgehead atoms. The van der Waals surface area contributed by atoms with Gasteiger partial charge >= 0.3 is 5.97 Å². The van der Waals surface area contributed by atoms with Gasteiger partial charge in [0.15, 0.2) is 0 Å². The fourth-order valence-electron chi connectivity index (χ4n) is 0.770. The van der Waals surface area contributed by atoms with Crippen LogP contribution in [0.3, 0.4) is 0 Å². The third-order valence-electron chi connectivity index (χ3n) is 1.20. The molecule has 0 unspecified atom stereocenters. The molecule has 0 radical (unpaired) electrons. The fraction of sp³-hybridized carbons (Fsp3) is 0.250. The lowest BCUT2D eigenvalue weighted by Gasteiger charge is -1.92. The maximum Gasteiger partial charge on any atom is 0.307 e. The van der Waals surface area contributed by atoms with Crippen LogP contribution in [0, 0.1) is 0 Å². The standard InChI is InChI=1S/C8H8O2.2C2H4O2/c9-8(10)6-7-4-2-1-3-5-7;2*1-2(3)4/h1-5H,6H2,(H,9,10);2*1H3,(H,3,4). The molecule has 0 aliphatic heterocycles. The molecular weight excluding hydrogens is 240 g/mol. The monoisotopic (exact) mass is 256 g/mol. The summed E-state index contributed by atoms with van der Waals surface area (Å²) in [6.07, 6.45) is 0.112. The maximum absolute atomic E-state index is 10.2. The summed E-state index contributed by atoms with van der Waals surface area (Å²) in [7, 11) is 0. The van der Waals surface area contributed by atoms with E-state index in [0.29, 0.717) is 0 Å². The number of rotatable bonds is 2. The van der Waals surface area contributed by atoms with E-state index in [4.69, 9.17) is 24.9 Å². The first-order chi connectivity index (χ1) is 8.25. The summed E-state index contributed by atoms with van der Waals surface area (Å²) in [6, 6.07) is 9.13. The zero-order valence-electron chi connectivity index (χ0n) is 10.2. The quantitative estimate of drug-likeness (QED) is 0.739. The molecule has 0 saturated carbocycles. The number of carbonyl (C=O) groups is 3. The van der Waals surface area contributed by atoms with E-state index in [2.05, 4.69) is 0 Å². The van der Waals surface area contributed by atoms with Crippen molar-refractivity contribution in [1.29, 1.82) is 0 Å². The second kappa shape index (κ2) is 11.1. The Morgan fingerprint density at radius 2 is 1.22 bits per heavy atom. The van der Waals surface area contributed by atoms with Gasteiger partial charge in [-0.25, -0.2) is 0 Å². The Bertz CT molecular complexity index is 351. The van der Waals surface area contributed by atoms with Gasteiger partial charge < -0.3 is 15.3 Å². The van der Waals surface area contributed by atoms with Gasteiger partial charge in [0.25, 0.3) is 11.9 Å². The second-order valence-corrected chi connectivity index (χ2v) is 3.09. The van der Waals surface area contributed by atoms with E-state index in [1.54, 1.807) is 12.1 Å². The molecule has 1 aromatic carbocycles. The number of benzene rings is 1.